The Bertz CT molecular complexity index is 846. The average molecular weight is 304 g/mol. The van der Waals surface area contributed by atoms with Crippen LogP contribution in [0.5, 0.6) is 0 Å². The quantitative estimate of drug-likeness (QED) is 0.726. The summed E-state index contributed by atoms with van der Waals surface area (Å²) >= 11 is 5.90. The van der Waals surface area contributed by atoms with Gasteiger partial charge in [-0.2, -0.15) is 9.78 Å². The molecular weight excluding hydrogens is 294 g/mol. The summed E-state index contributed by atoms with van der Waals surface area (Å²) in [6.45, 7) is 0. The number of fused-ring (bicyclic) bond motifs is 1. The van der Waals surface area contributed by atoms with E-state index in [9.17, 15) is 4.79 Å². The topological polar surface area (TPSA) is 95.9 Å². The van der Waals surface area contributed by atoms with Crippen molar-refractivity contribution in [1.82, 2.24) is 19.7 Å². The molecule has 0 spiro atoms. The number of nitrogens with zero attached hydrogens (tertiary/aromatic N) is 4. The van der Waals surface area contributed by atoms with Gasteiger partial charge in [-0.3, -0.25) is 4.98 Å². The zero-order chi connectivity index (χ0) is 15.0. The third-order valence-corrected chi connectivity index (χ3v) is 3.16. The summed E-state index contributed by atoms with van der Waals surface area (Å²) in [5.74, 6) is -0.0128. The number of esters is 1. The monoisotopic (exact) mass is 303 g/mol. The van der Waals surface area contributed by atoms with Gasteiger partial charge in [-0.25, -0.2) is 9.78 Å². The highest BCUT2D eigenvalue weighted by Gasteiger charge is 2.17. The van der Waals surface area contributed by atoms with Crippen molar-refractivity contribution in [2.75, 3.05) is 12.8 Å². The molecule has 7 nitrogen and oxygen atoms in total. The van der Waals surface area contributed by atoms with Gasteiger partial charge in [0.05, 0.1) is 30.5 Å². The van der Waals surface area contributed by atoms with Gasteiger partial charge in [0.1, 0.15) is 11.4 Å². The van der Waals surface area contributed by atoms with E-state index in [1.165, 1.54) is 24.2 Å². The van der Waals surface area contributed by atoms with Gasteiger partial charge in [0.25, 0.3) is 0 Å². The Morgan fingerprint density at radius 1 is 1.33 bits per heavy atom. The summed E-state index contributed by atoms with van der Waals surface area (Å²) in [6, 6.07) is 5.17. The third kappa shape index (κ3) is 2.27. The van der Waals surface area contributed by atoms with Crippen LogP contribution in [0, 0.1) is 0 Å². The standard InChI is InChI=1S/C13H10ClN5O2/c1-21-13(20)8-5-17-19(12(8)15)11-6-16-10-4-7(14)2-3-9(10)18-11/h2-6H,15H2,1H3. The normalized spacial score (nSPS) is 10.8. The molecule has 0 aliphatic carbocycles. The van der Waals surface area contributed by atoms with Gasteiger partial charge in [-0.15, -0.1) is 0 Å². The van der Waals surface area contributed by atoms with Crippen LogP contribution >= 0.6 is 11.6 Å². The molecule has 0 amide bonds. The highest BCUT2D eigenvalue weighted by atomic mass is 35.5. The molecule has 0 bridgehead atoms. The molecule has 0 fully saturated rings. The van der Waals surface area contributed by atoms with Gasteiger partial charge in [-0.05, 0) is 18.2 Å². The number of nitrogen functional groups attached to an aromatic ring is 1. The Hall–Kier alpha value is -2.67. The van der Waals surface area contributed by atoms with Gasteiger partial charge >= 0.3 is 5.97 Å². The molecule has 1 aromatic carbocycles. The number of anilines is 1. The van der Waals surface area contributed by atoms with Crippen LogP contribution in [0.25, 0.3) is 16.9 Å². The van der Waals surface area contributed by atoms with E-state index >= 15 is 0 Å². The lowest BCUT2D eigenvalue weighted by atomic mass is 10.3. The highest BCUT2D eigenvalue weighted by molar-refractivity contribution is 6.31. The molecule has 21 heavy (non-hydrogen) atoms. The fourth-order valence-corrected chi connectivity index (χ4v) is 2.05. The van der Waals surface area contributed by atoms with E-state index in [0.717, 1.165) is 0 Å². The largest absolute Gasteiger partial charge is 0.465 e. The minimum Gasteiger partial charge on any atom is -0.465 e. The lowest BCUT2D eigenvalue weighted by Crippen LogP contribution is -2.08. The number of methoxy groups -OCH3 is 1. The SMILES string of the molecule is COC(=O)c1cnn(-c2cnc3cc(Cl)ccc3n2)c1N. The summed E-state index contributed by atoms with van der Waals surface area (Å²) < 4.78 is 5.95. The van der Waals surface area contributed by atoms with Crippen LogP contribution in [0.2, 0.25) is 5.02 Å². The van der Waals surface area contributed by atoms with Crippen LogP contribution in [0.1, 0.15) is 10.4 Å². The second-order valence-corrected chi connectivity index (χ2v) is 4.64. The Balaban J connectivity index is 2.10. The number of carbonyl (C=O) groups excluding carboxylic acids is 1. The highest BCUT2D eigenvalue weighted by Crippen LogP contribution is 2.20. The number of rotatable bonds is 2. The zero-order valence-corrected chi connectivity index (χ0v) is 11.7. The number of ether oxygens (including phenoxy) is 1. The number of carbonyl (C=O) groups is 1. The predicted octanol–water partition coefficient (Wildman–Crippen LogP) is 1.84. The maximum Gasteiger partial charge on any atom is 0.343 e. The molecule has 0 saturated heterocycles. The summed E-state index contributed by atoms with van der Waals surface area (Å²) in [5, 5.41) is 4.62. The molecule has 3 aromatic rings. The number of nitrogens with two attached hydrogens (primary N) is 1. The van der Waals surface area contributed by atoms with Crippen LogP contribution in [-0.4, -0.2) is 32.8 Å². The van der Waals surface area contributed by atoms with E-state index in [4.69, 9.17) is 17.3 Å². The van der Waals surface area contributed by atoms with E-state index in [1.54, 1.807) is 18.2 Å². The van der Waals surface area contributed by atoms with Crippen molar-refractivity contribution < 1.29 is 9.53 Å². The minimum atomic E-state index is -0.556. The number of hydrogen-bond acceptors (Lipinski definition) is 6. The van der Waals surface area contributed by atoms with Crippen LogP contribution in [-0.2, 0) is 4.74 Å². The predicted molar refractivity (Wildman–Crippen MR) is 77.4 cm³/mol. The molecule has 0 saturated carbocycles. The molecule has 2 N–H and O–H groups in total. The van der Waals surface area contributed by atoms with E-state index in [-0.39, 0.29) is 11.4 Å². The van der Waals surface area contributed by atoms with Gasteiger partial charge in [0.2, 0.25) is 0 Å². The Morgan fingerprint density at radius 3 is 2.90 bits per heavy atom. The number of hydrogen-bond donors (Lipinski definition) is 1. The first-order chi connectivity index (χ1) is 10.1. The maximum absolute atomic E-state index is 11.5. The van der Waals surface area contributed by atoms with Gasteiger partial charge in [0.15, 0.2) is 5.82 Å². The molecule has 2 heterocycles. The van der Waals surface area contributed by atoms with Crippen molar-refractivity contribution in [2.24, 2.45) is 0 Å². The molecule has 0 atom stereocenters. The first kappa shape index (κ1) is 13.3. The van der Waals surface area contributed by atoms with Crippen molar-refractivity contribution in [1.29, 1.82) is 0 Å². The summed E-state index contributed by atoms with van der Waals surface area (Å²) in [4.78, 5) is 20.2. The van der Waals surface area contributed by atoms with Crippen molar-refractivity contribution in [2.45, 2.75) is 0 Å². The van der Waals surface area contributed by atoms with Crippen molar-refractivity contribution >= 4 is 34.4 Å². The summed E-state index contributed by atoms with van der Waals surface area (Å²) in [5.41, 5.74) is 7.37. The Morgan fingerprint density at radius 2 is 2.14 bits per heavy atom. The van der Waals surface area contributed by atoms with E-state index in [2.05, 4.69) is 19.8 Å². The fraction of sp³-hybridized carbons (Fsp3) is 0.0769. The lowest BCUT2D eigenvalue weighted by Gasteiger charge is -2.05. The molecular formula is C13H10ClN5O2. The lowest BCUT2D eigenvalue weighted by molar-refractivity contribution is 0.0602. The molecule has 0 radical (unpaired) electrons. The molecule has 3 rings (SSSR count). The van der Waals surface area contributed by atoms with Crippen LogP contribution in [0.3, 0.4) is 0 Å². The van der Waals surface area contributed by atoms with E-state index < -0.39 is 5.97 Å². The smallest absolute Gasteiger partial charge is 0.343 e. The molecule has 2 aromatic heterocycles. The number of halogens is 1. The number of aromatic nitrogens is 4. The van der Waals surface area contributed by atoms with E-state index in [1.807, 2.05) is 0 Å². The number of benzene rings is 1. The molecule has 8 heteroatoms. The summed E-state index contributed by atoms with van der Waals surface area (Å²) in [6.07, 6.45) is 2.83. The first-order valence-electron chi connectivity index (χ1n) is 5.94. The summed E-state index contributed by atoms with van der Waals surface area (Å²) in [7, 11) is 1.28. The van der Waals surface area contributed by atoms with Crippen LogP contribution in [0.15, 0.2) is 30.6 Å². The minimum absolute atomic E-state index is 0.143. The van der Waals surface area contributed by atoms with Crippen molar-refractivity contribution in [3.05, 3.63) is 41.2 Å². The molecule has 0 aliphatic heterocycles. The maximum atomic E-state index is 11.5. The second-order valence-electron chi connectivity index (χ2n) is 4.21. The van der Waals surface area contributed by atoms with E-state index in [0.29, 0.717) is 21.9 Å². The molecule has 106 valence electrons. The van der Waals surface area contributed by atoms with Gasteiger partial charge in [-0.1, -0.05) is 11.6 Å². The van der Waals surface area contributed by atoms with Crippen molar-refractivity contribution in [3.63, 3.8) is 0 Å². The Labute approximate surface area is 124 Å². The molecule has 0 unspecified atom stereocenters. The van der Waals surface area contributed by atoms with Crippen molar-refractivity contribution in [3.8, 4) is 5.82 Å². The third-order valence-electron chi connectivity index (χ3n) is 2.92. The Kier molecular flexibility index (Phi) is 3.19. The fourth-order valence-electron chi connectivity index (χ4n) is 1.88. The molecule has 0 aliphatic rings. The average Bonchev–Trinajstić information content (AvgIpc) is 2.87. The van der Waals surface area contributed by atoms with Crippen LogP contribution < -0.4 is 5.73 Å². The second kappa shape index (κ2) is 5.02. The first-order valence-corrected chi connectivity index (χ1v) is 6.32. The van der Waals surface area contributed by atoms with Gasteiger partial charge in [0, 0.05) is 5.02 Å². The van der Waals surface area contributed by atoms with Gasteiger partial charge < -0.3 is 10.5 Å². The van der Waals surface area contributed by atoms with Crippen LogP contribution in [0.4, 0.5) is 5.82 Å². The zero-order valence-electron chi connectivity index (χ0n) is 10.9.